The van der Waals surface area contributed by atoms with E-state index in [0.29, 0.717) is 6.42 Å². The molecule has 0 saturated heterocycles. The van der Waals surface area contributed by atoms with Crippen molar-refractivity contribution in [3.8, 4) is 5.75 Å². The zero-order valence-corrected chi connectivity index (χ0v) is 14.8. The Balaban J connectivity index is 2.48. The zero-order valence-electron chi connectivity index (χ0n) is 14.8. The summed E-state index contributed by atoms with van der Waals surface area (Å²) >= 11 is 0. The predicted molar refractivity (Wildman–Crippen MR) is 88.4 cm³/mol. The van der Waals surface area contributed by atoms with Gasteiger partial charge in [0.05, 0.1) is 6.10 Å². The Labute approximate surface area is 145 Å². The summed E-state index contributed by atoms with van der Waals surface area (Å²) in [7, 11) is 0. The molecule has 0 bridgehead atoms. The molecule has 0 N–H and O–H groups in total. The van der Waals surface area contributed by atoms with E-state index in [0.717, 1.165) is 4.90 Å². The average Bonchev–Trinajstić information content (AvgIpc) is 2.54. The number of anilines is 1. The number of pyridine rings is 1. The van der Waals surface area contributed by atoms with Crippen LogP contribution in [-0.2, 0) is 14.3 Å². The number of rotatable bonds is 5. The van der Waals surface area contributed by atoms with Gasteiger partial charge in [0, 0.05) is 6.07 Å². The number of esters is 1. The second-order valence-corrected chi connectivity index (χ2v) is 6.37. The number of hydrogen-bond acceptors (Lipinski definition) is 7. The van der Waals surface area contributed by atoms with Crippen LogP contribution < -0.4 is 9.64 Å². The Morgan fingerprint density at radius 2 is 2.08 bits per heavy atom. The molecule has 1 aliphatic rings. The lowest BCUT2D eigenvalue weighted by Crippen LogP contribution is -2.57. The third-order valence-electron chi connectivity index (χ3n) is 3.96. The van der Waals surface area contributed by atoms with Gasteiger partial charge in [0.2, 0.25) is 0 Å². The van der Waals surface area contributed by atoms with E-state index in [-0.39, 0.29) is 17.7 Å². The van der Waals surface area contributed by atoms with Crippen LogP contribution in [-0.4, -0.2) is 39.5 Å². The number of fused-ring (bicyclic) bond motifs is 1. The molecule has 136 valence electrons. The van der Waals surface area contributed by atoms with Crippen molar-refractivity contribution in [2.24, 2.45) is 0 Å². The molecule has 1 aliphatic heterocycles. The predicted octanol–water partition coefficient (Wildman–Crippen LogP) is 2.22. The fourth-order valence-corrected chi connectivity index (χ4v) is 2.33. The van der Waals surface area contributed by atoms with Gasteiger partial charge in [-0.3, -0.25) is 9.69 Å². The van der Waals surface area contributed by atoms with Gasteiger partial charge in [-0.05, 0) is 50.1 Å². The Kier molecular flexibility index (Phi) is 4.96. The quantitative estimate of drug-likeness (QED) is 0.454. The normalized spacial score (nSPS) is 18.0. The smallest absolute Gasteiger partial charge is 0.366 e. The average molecular weight is 351 g/mol. The number of nitro groups is 1. The maximum Gasteiger partial charge on any atom is 0.366 e. The van der Waals surface area contributed by atoms with Gasteiger partial charge in [0.15, 0.2) is 11.4 Å². The molecule has 0 saturated carbocycles. The largest absolute Gasteiger partial charge is 0.472 e. The van der Waals surface area contributed by atoms with Gasteiger partial charge in [0.25, 0.3) is 11.7 Å². The van der Waals surface area contributed by atoms with Crippen molar-refractivity contribution in [2.75, 3.05) is 4.90 Å². The summed E-state index contributed by atoms with van der Waals surface area (Å²) in [6.45, 7) is 8.21. The molecule has 0 aromatic carbocycles. The second kappa shape index (κ2) is 6.66. The highest BCUT2D eigenvalue weighted by atomic mass is 16.6. The standard InChI is InChI=1S/C16H21N3O6/c1-6-9(2)24-14(20)10(3)18-13-11(25-16(4,5)15(18)21)7-8-12(17-13)19(22)23/h7-10H,6H2,1-5H3. The van der Waals surface area contributed by atoms with Gasteiger partial charge in [-0.15, -0.1) is 0 Å². The van der Waals surface area contributed by atoms with Gasteiger partial charge >= 0.3 is 11.8 Å². The molecular weight excluding hydrogens is 330 g/mol. The van der Waals surface area contributed by atoms with Crippen molar-refractivity contribution >= 4 is 23.5 Å². The molecule has 2 unspecified atom stereocenters. The first kappa shape index (κ1) is 18.6. The van der Waals surface area contributed by atoms with Crippen LogP contribution >= 0.6 is 0 Å². The van der Waals surface area contributed by atoms with Crippen LogP contribution in [0, 0.1) is 10.1 Å². The number of nitrogens with zero attached hydrogens (tertiary/aromatic N) is 3. The lowest BCUT2D eigenvalue weighted by atomic mass is 10.0. The number of ether oxygens (including phenoxy) is 2. The van der Waals surface area contributed by atoms with E-state index >= 15 is 0 Å². The molecule has 25 heavy (non-hydrogen) atoms. The summed E-state index contributed by atoms with van der Waals surface area (Å²) in [6.07, 6.45) is 0.318. The first-order valence-corrected chi connectivity index (χ1v) is 7.97. The molecule has 9 nitrogen and oxygen atoms in total. The van der Waals surface area contributed by atoms with E-state index in [1.165, 1.54) is 19.1 Å². The van der Waals surface area contributed by atoms with Crippen LogP contribution in [0.2, 0.25) is 0 Å². The Morgan fingerprint density at radius 3 is 2.64 bits per heavy atom. The highest BCUT2D eigenvalue weighted by molar-refractivity contribution is 6.05. The minimum absolute atomic E-state index is 0.0628. The van der Waals surface area contributed by atoms with Crippen molar-refractivity contribution in [1.29, 1.82) is 0 Å². The van der Waals surface area contributed by atoms with Crippen LogP contribution in [0.5, 0.6) is 5.75 Å². The minimum atomic E-state index is -1.24. The lowest BCUT2D eigenvalue weighted by molar-refractivity contribution is -0.389. The van der Waals surface area contributed by atoms with E-state index in [9.17, 15) is 19.7 Å². The number of amides is 1. The summed E-state index contributed by atoms with van der Waals surface area (Å²) in [4.78, 5) is 40.5. The number of carbonyl (C=O) groups is 2. The molecule has 9 heteroatoms. The molecule has 0 aliphatic carbocycles. The number of aromatic nitrogens is 1. The van der Waals surface area contributed by atoms with Gasteiger partial charge in [-0.2, -0.15) is 0 Å². The van der Waals surface area contributed by atoms with Crippen molar-refractivity contribution in [3.63, 3.8) is 0 Å². The molecule has 2 rings (SSSR count). The highest BCUT2D eigenvalue weighted by Crippen LogP contribution is 2.38. The summed E-state index contributed by atoms with van der Waals surface area (Å²) in [5, 5.41) is 11.0. The van der Waals surface area contributed by atoms with E-state index in [2.05, 4.69) is 4.98 Å². The maximum atomic E-state index is 12.8. The highest BCUT2D eigenvalue weighted by Gasteiger charge is 2.48. The third kappa shape index (κ3) is 3.54. The van der Waals surface area contributed by atoms with Crippen LogP contribution in [0.3, 0.4) is 0 Å². The summed E-state index contributed by atoms with van der Waals surface area (Å²) in [6, 6.07) is 1.55. The van der Waals surface area contributed by atoms with Crippen LogP contribution in [0.4, 0.5) is 11.6 Å². The van der Waals surface area contributed by atoms with E-state index in [1.807, 2.05) is 6.92 Å². The van der Waals surface area contributed by atoms with Crippen molar-refractivity contribution in [3.05, 3.63) is 22.2 Å². The molecule has 1 aromatic rings. The Bertz CT molecular complexity index is 718. The summed E-state index contributed by atoms with van der Waals surface area (Å²) in [5.74, 6) is -1.45. The lowest BCUT2D eigenvalue weighted by Gasteiger charge is -2.38. The first-order valence-electron chi connectivity index (χ1n) is 7.97. The molecule has 0 spiro atoms. The maximum absolute atomic E-state index is 12.8. The molecule has 2 heterocycles. The van der Waals surface area contributed by atoms with Crippen LogP contribution in [0.1, 0.15) is 41.0 Å². The molecule has 0 radical (unpaired) electrons. The molecular formula is C16H21N3O6. The monoisotopic (exact) mass is 351 g/mol. The summed E-state index contributed by atoms with van der Waals surface area (Å²) in [5.41, 5.74) is -1.24. The van der Waals surface area contributed by atoms with Crippen LogP contribution in [0.15, 0.2) is 12.1 Å². The van der Waals surface area contributed by atoms with E-state index in [1.54, 1.807) is 20.8 Å². The van der Waals surface area contributed by atoms with Gasteiger partial charge in [-0.1, -0.05) is 6.92 Å². The molecule has 0 fully saturated rings. The third-order valence-corrected chi connectivity index (χ3v) is 3.96. The fraction of sp³-hybridized carbons (Fsp3) is 0.562. The van der Waals surface area contributed by atoms with Crippen molar-refractivity contribution in [2.45, 2.75) is 58.8 Å². The Morgan fingerprint density at radius 1 is 1.44 bits per heavy atom. The second-order valence-electron chi connectivity index (χ2n) is 6.37. The van der Waals surface area contributed by atoms with Crippen molar-refractivity contribution < 1.29 is 24.0 Å². The minimum Gasteiger partial charge on any atom is -0.472 e. The summed E-state index contributed by atoms with van der Waals surface area (Å²) < 4.78 is 10.9. The van der Waals surface area contributed by atoms with E-state index < -0.39 is 34.3 Å². The number of carbonyl (C=O) groups excluding carboxylic acids is 2. The zero-order chi connectivity index (χ0) is 18.9. The van der Waals surface area contributed by atoms with Crippen LogP contribution in [0.25, 0.3) is 0 Å². The fourth-order valence-electron chi connectivity index (χ4n) is 2.33. The number of hydrogen-bond donors (Lipinski definition) is 0. The van der Waals surface area contributed by atoms with Gasteiger partial charge in [-0.25, -0.2) is 4.79 Å². The SMILES string of the molecule is CCC(C)OC(=O)C(C)N1C(=O)C(C)(C)Oc2ccc([N+](=O)[O-])nc21. The van der Waals surface area contributed by atoms with Crippen molar-refractivity contribution in [1.82, 2.24) is 4.98 Å². The molecule has 1 amide bonds. The first-order chi connectivity index (χ1) is 11.6. The topological polar surface area (TPSA) is 112 Å². The molecule has 1 aromatic heterocycles. The van der Waals surface area contributed by atoms with Gasteiger partial charge in [0.1, 0.15) is 6.04 Å². The van der Waals surface area contributed by atoms with E-state index in [4.69, 9.17) is 9.47 Å². The molecule has 2 atom stereocenters. The van der Waals surface area contributed by atoms with Gasteiger partial charge < -0.3 is 19.6 Å². The Hall–Kier alpha value is -2.71.